The molecule has 0 spiro atoms. The fourth-order valence-electron chi connectivity index (χ4n) is 2.93. The third-order valence-corrected chi connectivity index (χ3v) is 4.28. The number of para-hydroxylation sites is 1. The van der Waals surface area contributed by atoms with E-state index >= 15 is 0 Å². The Balaban J connectivity index is 2.22. The van der Waals surface area contributed by atoms with Crippen LogP contribution < -0.4 is 20.5 Å². The number of hydrogen-bond donors (Lipinski definition) is 2. The van der Waals surface area contributed by atoms with Gasteiger partial charge in [-0.1, -0.05) is 29.8 Å². The van der Waals surface area contributed by atoms with Crippen LogP contribution in [-0.2, 0) is 0 Å². The van der Waals surface area contributed by atoms with Crippen LogP contribution in [0.15, 0.2) is 36.4 Å². The van der Waals surface area contributed by atoms with Crippen molar-refractivity contribution in [1.29, 1.82) is 0 Å². The summed E-state index contributed by atoms with van der Waals surface area (Å²) < 4.78 is 11.1. The molecule has 0 heterocycles. The number of ether oxygens (including phenoxy) is 2. The van der Waals surface area contributed by atoms with Crippen LogP contribution in [-0.4, -0.2) is 26.2 Å². The third-order valence-electron chi connectivity index (χ3n) is 4.28. The Bertz CT molecular complexity index is 759. The number of hydrogen-bond acceptors (Lipinski definition) is 4. The summed E-state index contributed by atoms with van der Waals surface area (Å²) in [7, 11) is 1.56. The van der Waals surface area contributed by atoms with Crippen LogP contribution in [0.2, 0.25) is 0 Å². The second-order valence-corrected chi connectivity index (χ2v) is 6.38. The highest BCUT2D eigenvalue weighted by Crippen LogP contribution is 2.31. The van der Waals surface area contributed by atoms with Gasteiger partial charge < -0.3 is 20.5 Å². The van der Waals surface area contributed by atoms with Crippen LogP contribution in [0.4, 0.5) is 0 Å². The van der Waals surface area contributed by atoms with Crippen molar-refractivity contribution in [3.63, 3.8) is 0 Å². The Hall–Kier alpha value is -2.53. The van der Waals surface area contributed by atoms with Crippen molar-refractivity contribution in [3.8, 4) is 11.5 Å². The minimum Gasteiger partial charge on any atom is -0.493 e. The van der Waals surface area contributed by atoms with E-state index in [2.05, 4.69) is 37.4 Å². The molecule has 0 aliphatic rings. The minimum absolute atomic E-state index is 0.119. The summed E-state index contributed by atoms with van der Waals surface area (Å²) in [6, 6.07) is 11.4. The molecule has 0 aromatic heterocycles. The van der Waals surface area contributed by atoms with E-state index in [-0.39, 0.29) is 11.9 Å². The van der Waals surface area contributed by atoms with E-state index in [0.29, 0.717) is 36.6 Å². The number of nitrogens with two attached hydrogens (primary N) is 1. The van der Waals surface area contributed by atoms with Gasteiger partial charge in [-0.2, -0.15) is 0 Å². The second-order valence-electron chi connectivity index (χ2n) is 6.38. The van der Waals surface area contributed by atoms with Gasteiger partial charge in [0.15, 0.2) is 11.5 Å². The van der Waals surface area contributed by atoms with Crippen LogP contribution >= 0.6 is 0 Å². The summed E-state index contributed by atoms with van der Waals surface area (Å²) >= 11 is 0. The number of nitrogens with one attached hydrogen (secondary N) is 1. The van der Waals surface area contributed by atoms with Gasteiger partial charge in [0.2, 0.25) is 0 Å². The van der Waals surface area contributed by atoms with Crippen molar-refractivity contribution in [2.45, 2.75) is 33.2 Å². The highest BCUT2D eigenvalue weighted by Gasteiger charge is 2.19. The molecule has 0 unspecified atom stereocenters. The molecule has 0 aliphatic carbocycles. The Morgan fingerprint density at radius 2 is 2.00 bits per heavy atom. The molecule has 2 aromatic rings. The first-order valence-corrected chi connectivity index (χ1v) is 8.85. The highest BCUT2D eigenvalue weighted by atomic mass is 16.5. The molecular formula is C21H28N2O3. The maximum absolute atomic E-state index is 12.9. The number of methoxy groups -OCH3 is 1. The Kier molecular flexibility index (Phi) is 7.04. The van der Waals surface area contributed by atoms with Gasteiger partial charge in [-0.05, 0) is 57.0 Å². The van der Waals surface area contributed by atoms with Gasteiger partial charge in [-0.25, -0.2) is 0 Å². The standard InChI is InChI=1S/C21H28N2O3/c1-14-9-10-17(15(2)13-14)16(3)23-21(24)18-7-5-8-19(25-4)20(18)26-12-6-11-22/h5,7-10,13,16H,6,11-12,22H2,1-4H3,(H,23,24)/t16-/m1/s1. The molecule has 0 radical (unpaired) electrons. The highest BCUT2D eigenvalue weighted by molar-refractivity contribution is 5.98. The monoisotopic (exact) mass is 356 g/mol. The molecule has 2 rings (SSSR count). The summed E-state index contributed by atoms with van der Waals surface area (Å²) in [4.78, 5) is 12.9. The number of amides is 1. The molecular weight excluding hydrogens is 328 g/mol. The zero-order valence-corrected chi connectivity index (χ0v) is 16.0. The lowest BCUT2D eigenvalue weighted by Crippen LogP contribution is -2.27. The Labute approximate surface area is 155 Å². The predicted octanol–water partition coefficient (Wildman–Crippen LogP) is 3.53. The number of carbonyl (C=O) groups excluding carboxylic acids is 1. The van der Waals surface area contributed by atoms with Crippen LogP contribution in [0.5, 0.6) is 11.5 Å². The topological polar surface area (TPSA) is 73.6 Å². The first kappa shape index (κ1) is 19.8. The van der Waals surface area contributed by atoms with E-state index in [1.165, 1.54) is 5.56 Å². The van der Waals surface area contributed by atoms with Crippen molar-refractivity contribution < 1.29 is 14.3 Å². The lowest BCUT2D eigenvalue weighted by atomic mass is 10.00. The van der Waals surface area contributed by atoms with E-state index in [1.54, 1.807) is 25.3 Å². The van der Waals surface area contributed by atoms with E-state index in [0.717, 1.165) is 11.1 Å². The van der Waals surface area contributed by atoms with Gasteiger partial charge >= 0.3 is 0 Å². The van der Waals surface area contributed by atoms with Crippen molar-refractivity contribution in [2.75, 3.05) is 20.3 Å². The van der Waals surface area contributed by atoms with Crippen molar-refractivity contribution in [2.24, 2.45) is 5.73 Å². The largest absolute Gasteiger partial charge is 0.493 e. The lowest BCUT2D eigenvalue weighted by Gasteiger charge is -2.19. The molecule has 1 atom stereocenters. The third kappa shape index (κ3) is 4.76. The number of benzene rings is 2. The molecule has 0 saturated carbocycles. The zero-order chi connectivity index (χ0) is 19.1. The summed E-state index contributed by atoms with van der Waals surface area (Å²) in [5.74, 6) is 0.793. The molecule has 0 bridgehead atoms. The maximum atomic E-state index is 12.9. The average molecular weight is 356 g/mol. The number of carbonyl (C=O) groups is 1. The van der Waals surface area contributed by atoms with Gasteiger partial charge in [0.1, 0.15) is 0 Å². The quantitative estimate of drug-likeness (QED) is 0.710. The van der Waals surface area contributed by atoms with Crippen molar-refractivity contribution in [3.05, 3.63) is 58.7 Å². The molecule has 3 N–H and O–H groups in total. The first-order valence-electron chi connectivity index (χ1n) is 8.85. The van der Waals surface area contributed by atoms with E-state index < -0.39 is 0 Å². The number of aryl methyl sites for hydroxylation is 2. The molecule has 1 amide bonds. The molecule has 0 fully saturated rings. The molecule has 5 nitrogen and oxygen atoms in total. The smallest absolute Gasteiger partial charge is 0.255 e. The van der Waals surface area contributed by atoms with E-state index in [4.69, 9.17) is 15.2 Å². The van der Waals surface area contributed by atoms with Crippen molar-refractivity contribution >= 4 is 5.91 Å². The Morgan fingerprint density at radius 1 is 1.23 bits per heavy atom. The molecule has 5 heteroatoms. The first-order chi connectivity index (χ1) is 12.5. The number of rotatable bonds is 8. The lowest BCUT2D eigenvalue weighted by molar-refractivity contribution is 0.0935. The van der Waals surface area contributed by atoms with Crippen LogP contribution in [0.25, 0.3) is 0 Å². The van der Waals surface area contributed by atoms with Crippen LogP contribution in [0, 0.1) is 13.8 Å². The molecule has 26 heavy (non-hydrogen) atoms. The average Bonchev–Trinajstić information content (AvgIpc) is 2.61. The van der Waals surface area contributed by atoms with Gasteiger partial charge in [0, 0.05) is 0 Å². The SMILES string of the molecule is COc1cccc(C(=O)N[C@H](C)c2ccc(C)cc2C)c1OCCCN. The molecule has 2 aromatic carbocycles. The minimum atomic E-state index is -0.195. The van der Waals surface area contributed by atoms with Gasteiger partial charge in [0.05, 0.1) is 25.3 Å². The second kappa shape index (κ2) is 9.25. The van der Waals surface area contributed by atoms with Gasteiger partial charge in [-0.3, -0.25) is 4.79 Å². The maximum Gasteiger partial charge on any atom is 0.255 e. The fourth-order valence-corrected chi connectivity index (χ4v) is 2.93. The fraction of sp³-hybridized carbons (Fsp3) is 0.381. The van der Waals surface area contributed by atoms with E-state index in [1.807, 2.05) is 6.92 Å². The summed E-state index contributed by atoms with van der Waals surface area (Å²) in [6.45, 7) is 7.05. The molecule has 0 saturated heterocycles. The molecule has 0 aliphatic heterocycles. The normalized spacial score (nSPS) is 11.7. The van der Waals surface area contributed by atoms with Gasteiger partial charge in [-0.15, -0.1) is 0 Å². The van der Waals surface area contributed by atoms with E-state index in [9.17, 15) is 4.79 Å². The Morgan fingerprint density at radius 3 is 2.65 bits per heavy atom. The van der Waals surface area contributed by atoms with Gasteiger partial charge in [0.25, 0.3) is 5.91 Å². The zero-order valence-electron chi connectivity index (χ0n) is 16.0. The molecule has 140 valence electrons. The summed E-state index contributed by atoms with van der Waals surface area (Å²) in [5.41, 5.74) is 9.43. The van der Waals surface area contributed by atoms with Crippen molar-refractivity contribution in [1.82, 2.24) is 5.32 Å². The van der Waals surface area contributed by atoms with Crippen LogP contribution in [0.3, 0.4) is 0 Å². The summed E-state index contributed by atoms with van der Waals surface area (Å²) in [5, 5.41) is 3.06. The predicted molar refractivity (Wildman–Crippen MR) is 104 cm³/mol. The summed E-state index contributed by atoms with van der Waals surface area (Å²) in [6.07, 6.45) is 0.706. The van der Waals surface area contributed by atoms with Crippen LogP contribution in [0.1, 0.15) is 46.4 Å².